The van der Waals surface area contributed by atoms with Gasteiger partial charge in [-0.2, -0.15) is 0 Å². The fourth-order valence-electron chi connectivity index (χ4n) is 2.02. The molecule has 0 aliphatic carbocycles. The number of halogens is 2. The van der Waals surface area contributed by atoms with Crippen molar-refractivity contribution in [3.05, 3.63) is 35.9 Å². The van der Waals surface area contributed by atoms with Crippen LogP contribution in [0.2, 0.25) is 0 Å². The molecule has 2 nitrogen and oxygen atoms in total. The van der Waals surface area contributed by atoms with Crippen molar-refractivity contribution in [2.45, 2.75) is 25.2 Å². The molecule has 0 radical (unpaired) electrons. The van der Waals surface area contributed by atoms with Gasteiger partial charge < -0.3 is 0 Å². The SMILES string of the molecule is CCCS(=O)(=O)CCC(CCl)(CCl)c1ccccc1. The van der Waals surface area contributed by atoms with E-state index in [2.05, 4.69) is 0 Å². The lowest BCUT2D eigenvalue weighted by atomic mass is 9.82. The van der Waals surface area contributed by atoms with Gasteiger partial charge in [0.05, 0.1) is 5.75 Å². The number of alkyl halides is 2. The van der Waals surface area contributed by atoms with Gasteiger partial charge in [-0.1, -0.05) is 37.3 Å². The quantitative estimate of drug-likeness (QED) is 0.685. The molecular weight excluding hydrogens is 303 g/mol. The summed E-state index contributed by atoms with van der Waals surface area (Å²) in [7, 11) is -3.01. The minimum absolute atomic E-state index is 0.134. The number of benzene rings is 1. The first-order valence-electron chi connectivity index (χ1n) is 6.37. The first-order chi connectivity index (χ1) is 8.99. The first kappa shape index (κ1) is 16.8. The van der Waals surface area contributed by atoms with Crippen molar-refractivity contribution in [2.75, 3.05) is 23.3 Å². The van der Waals surface area contributed by atoms with Crippen molar-refractivity contribution in [1.82, 2.24) is 0 Å². The lowest BCUT2D eigenvalue weighted by Gasteiger charge is -2.30. The molecule has 0 fully saturated rings. The predicted octanol–water partition coefficient (Wildman–Crippen LogP) is 3.62. The van der Waals surface area contributed by atoms with Crippen molar-refractivity contribution < 1.29 is 8.42 Å². The summed E-state index contributed by atoms with van der Waals surface area (Å²) in [4.78, 5) is 0. The van der Waals surface area contributed by atoms with Crippen LogP contribution in [-0.4, -0.2) is 31.7 Å². The van der Waals surface area contributed by atoms with Crippen LogP contribution in [0.4, 0.5) is 0 Å². The van der Waals surface area contributed by atoms with Crippen LogP contribution in [0.25, 0.3) is 0 Å². The highest BCUT2D eigenvalue weighted by atomic mass is 35.5. The van der Waals surface area contributed by atoms with E-state index in [1.165, 1.54) is 0 Å². The Morgan fingerprint density at radius 3 is 2.11 bits per heavy atom. The second-order valence-electron chi connectivity index (χ2n) is 4.82. The molecule has 1 rings (SSSR count). The van der Waals surface area contributed by atoms with Crippen LogP contribution in [0.1, 0.15) is 25.3 Å². The van der Waals surface area contributed by atoms with Crippen molar-refractivity contribution in [2.24, 2.45) is 0 Å². The zero-order valence-electron chi connectivity index (χ0n) is 11.1. The minimum atomic E-state index is -3.01. The molecule has 5 heteroatoms. The zero-order chi connectivity index (χ0) is 14.4. The van der Waals surface area contributed by atoms with Crippen molar-refractivity contribution in [3.8, 4) is 0 Å². The second kappa shape index (κ2) is 7.51. The summed E-state index contributed by atoms with van der Waals surface area (Å²) in [6.45, 7) is 1.87. The van der Waals surface area contributed by atoms with Crippen LogP contribution in [-0.2, 0) is 15.3 Å². The van der Waals surface area contributed by atoms with Crippen LogP contribution in [0.15, 0.2) is 30.3 Å². The fraction of sp³-hybridized carbons (Fsp3) is 0.571. The van der Waals surface area contributed by atoms with E-state index in [1.807, 2.05) is 37.3 Å². The van der Waals surface area contributed by atoms with Gasteiger partial charge in [0.1, 0.15) is 9.84 Å². The molecule has 0 aromatic heterocycles. The van der Waals surface area contributed by atoms with E-state index in [-0.39, 0.29) is 11.5 Å². The Labute approximate surface area is 126 Å². The van der Waals surface area contributed by atoms with Gasteiger partial charge in [-0.15, -0.1) is 23.2 Å². The Kier molecular flexibility index (Phi) is 6.64. The molecule has 0 bridgehead atoms. The van der Waals surface area contributed by atoms with E-state index in [9.17, 15) is 8.42 Å². The van der Waals surface area contributed by atoms with Crippen molar-refractivity contribution in [3.63, 3.8) is 0 Å². The van der Waals surface area contributed by atoms with Crippen molar-refractivity contribution >= 4 is 33.0 Å². The zero-order valence-corrected chi connectivity index (χ0v) is 13.4. The highest BCUT2D eigenvalue weighted by molar-refractivity contribution is 7.91. The molecule has 0 saturated heterocycles. The summed E-state index contributed by atoms with van der Waals surface area (Å²) in [5.41, 5.74) is 0.539. The fourth-order valence-corrected chi connectivity index (χ4v) is 4.41. The smallest absolute Gasteiger partial charge is 0.150 e. The first-order valence-corrected chi connectivity index (χ1v) is 9.26. The Bertz CT molecular complexity index is 467. The number of rotatable bonds is 8. The molecule has 1 aromatic rings. The molecule has 1 aromatic carbocycles. The molecule has 0 aliphatic rings. The van der Waals surface area contributed by atoms with E-state index in [1.54, 1.807) is 0 Å². The molecule has 0 atom stereocenters. The van der Waals surface area contributed by atoms with Gasteiger partial charge in [0.2, 0.25) is 0 Å². The molecule has 108 valence electrons. The summed E-state index contributed by atoms with van der Waals surface area (Å²) in [5.74, 6) is 1.00. The van der Waals surface area contributed by atoms with E-state index in [4.69, 9.17) is 23.2 Å². The van der Waals surface area contributed by atoms with Gasteiger partial charge in [0.25, 0.3) is 0 Å². The van der Waals surface area contributed by atoms with E-state index >= 15 is 0 Å². The predicted molar refractivity (Wildman–Crippen MR) is 83.1 cm³/mol. The third-order valence-electron chi connectivity index (χ3n) is 3.30. The number of hydrogen-bond donors (Lipinski definition) is 0. The lowest BCUT2D eigenvalue weighted by molar-refractivity contribution is 0.511. The Morgan fingerprint density at radius 2 is 1.63 bits per heavy atom. The standard InChI is InChI=1S/C14H20Cl2O2S/c1-2-9-19(17,18)10-8-14(11-15,12-16)13-6-4-3-5-7-13/h3-7H,2,8-12H2,1H3. The Morgan fingerprint density at radius 1 is 1.05 bits per heavy atom. The van der Waals surface area contributed by atoms with Gasteiger partial charge in [0.15, 0.2) is 0 Å². The Hall–Kier alpha value is -0.250. The molecular formula is C14H20Cl2O2S. The summed E-state index contributed by atoms with van der Waals surface area (Å²) >= 11 is 12.2. The molecule has 0 amide bonds. The third kappa shape index (κ3) is 4.66. The highest BCUT2D eigenvalue weighted by Gasteiger charge is 2.32. The van der Waals surface area contributed by atoms with Gasteiger partial charge >= 0.3 is 0 Å². The molecule has 0 aliphatic heterocycles. The molecule has 0 spiro atoms. The van der Waals surface area contributed by atoms with Crippen LogP contribution >= 0.6 is 23.2 Å². The van der Waals surface area contributed by atoms with E-state index in [0.717, 1.165) is 5.56 Å². The van der Waals surface area contributed by atoms with Gasteiger partial charge in [-0.05, 0) is 18.4 Å². The highest BCUT2D eigenvalue weighted by Crippen LogP contribution is 2.31. The minimum Gasteiger partial charge on any atom is -0.229 e. The van der Waals surface area contributed by atoms with Crippen LogP contribution in [0, 0.1) is 0 Å². The van der Waals surface area contributed by atoms with Crippen LogP contribution in [0.5, 0.6) is 0 Å². The summed E-state index contributed by atoms with van der Waals surface area (Å²) in [6, 6.07) is 9.67. The molecule has 0 saturated carbocycles. The molecule has 0 N–H and O–H groups in total. The summed E-state index contributed by atoms with van der Waals surface area (Å²) in [6.07, 6.45) is 1.11. The normalized spacial score (nSPS) is 12.6. The van der Waals surface area contributed by atoms with Crippen molar-refractivity contribution in [1.29, 1.82) is 0 Å². The molecule has 0 unspecified atom stereocenters. The van der Waals surface area contributed by atoms with Gasteiger partial charge in [-0.25, -0.2) is 8.42 Å². The average Bonchev–Trinajstić information content (AvgIpc) is 2.41. The maximum atomic E-state index is 11.9. The topological polar surface area (TPSA) is 34.1 Å². The maximum Gasteiger partial charge on any atom is 0.150 e. The van der Waals surface area contributed by atoms with Gasteiger partial charge in [0, 0.05) is 22.9 Å². The molecule has 0 heterocycles. The van der Waals surface area contributed by atoms with Crippen LogP contribution < -0.4 is 0 Å². The molecule has 19 heavy (non-hydrogen) atoms. The summed E-state index contributed by atoms with van der Waals surface area (Å²) < 4.78 is 23.7. The largest absolute Gasteiger partial charge is 0.229 e. The number of hydrogen-bond acceptors (Lipinski definition) is 2. The van der Waals surface area contributed by atoms with E-state index < -0.39 is 15.3 Å². The third-order valence-corrected chi connectivity index (χ3v) is 6.18. The van der Waals surface area contributed by atoms with Gasteiger partial charge in [-0.3, -0.25) is 0 Å². The summed E-state index contributed by atoms with van der Waals surface area (Å²) in [5, 5.41) is 0. The Balaban J connectivity index is 2.90. The monoisotopic (exact) mass is 322 g/mol. The van der Waals surface area contributed by atoms with Crippen LogP contribution in [0.3, 0.4) is 0 Å². The van der Waals surface area contributed by atoms with E-state index in [0.29, 0.717) is 24.6 Å². The second-order valence-corrected chi connectivity index (χ2v) is 7.65. The lowest BCUT2D eigenvalue weighted by Crippen LogP contribution is -2.33. The maximum absolute atomic E-state index is 11.9. The average molecular weight is 323 g/mol. The number of sulfone groups is 1.